The van der Waals surface area contributed by atoms with Crippen LogP contribution in [0.2, 0.25) is 0 Å². The van der Waals surface area contributed by atoms with Crippen LogP contribution in [0.1, 0.15) is 24.0 Å². The van der Waals surface area contributed by atoms with E-state index in [2.05, 4.69) is 0 Å². The molecule has 104 valence electrons. The van der Waals surface area contributed by atoms with Gasteiger partial charge in [-0.15, -0.1) is 0 Å². The van der Waals surface area contributed by atoms with Crippen molar-refractivity contribution >= 4 is 5.97 Å². The molecule has 0 spiro atoms. The van der Waals surface area contributed by atoms with E-state index in [0.29, 0.717) is 12.1 Å². The lowest BCUT2D eigenvalue weighted by Crippen LogP contribution is -2.34. The first-order chi connectivity index (χ1) is 8.61. The highest BCUT2D eigenvalue weighted by atomic mass is 19.4. The molecule has 0 heterocycles. The van der Waals surface area contributed by atoms with Gasteiger partial charge in [-0.05, 0) is 24.5 Å². The summed E-state index contributed by atoms with van der Waals surface area (Å²) in [6.07, 6.45) is -5.22. The van der Waals surface area contributed by atoms with Gasteiger partial charge in [-0.1, -0.05) is 18.2 Å². The molecule has 1 aromatic carbocycles. The minimum Gasteiger partial charge on any atom is -0.481 e. The quantitative estimate of drug-likeness (QED) is 0.861. The zero-order chi connectivity index (χ0) is 14.5. The zero-order valence-corrected chi connectivity index (χ0v) is 9.47. The van der Waals surface area contributed by atoms with Crippen molar-refractivity contribution in [3.05, 3.63) is 35.4 Å². The lowest BCUT2D eigenvalue weighted by molar-refractivity contribution is -0.289. The molecule has 2 nitrogen and oxygen atoms in total. The Morgan fingerprint density at radius 3 is 2.16 bits per heavy atom. The van der Waals surface area contributed by atoms with E-state index in [1.54, 1.807) is 0 Å². The topological polar surface area (TPSA) is 37.3 Å². The Morgan fingerprint density at radius 2 is 1.74 bits per heavy atom. The van der Waals surface area contributed by atoms with Crippen molar-refractivity contribution in [1.82, 2.24) is 0 Å². The first kappa shape index (κ1) is 13.8. The van der Waals surface area contributed by atoms with Crippen molar-refractivity contribution in [2.75, 3.05) is 0 Å². The maximum absolute atomic E-state index is 13.2. The summed E-state index contributed by atoms with van der Waals surface area (Å²) in [7, 11) is 0. The minimum atomic E-state index is -5.70. The van der Waals surface area contributed by atoms with Gasteiger partial charge in [0.2, 0.25) is 0 Å². The molecule has 0 amide bonds. The van der Waals surface area contributed by atoms with E-state index in [0.717, 1.165) is 6.07 Å². The van der Waals surface area contributed by atoms with Crippen LogP contribution in [0.15, 0.2) is 24.3 Å². The average molecular weight is 280 g/mol. The van der Waals surface area contributed by atoms with E-state index in [-0.39, 0.29) is 18.4 Å². The fourth-order valence-corrected chi connectivity index (χ4v) is 1.93. The lowest BCUT2D eigenvalue weighted by Gasteiger charge is -2.21. The molecule has 1 aliphatic rings. The normalized spacial score (nSPS) is 18.2. The monoisotopic (exact) mass is 280 g/mol. The summed E-state index contributed by atoms with van der Waals surface area (Å²) in [6, 6.07) is 3.56. The van der Waals surface area contributed by atoms with Crippen molar-refractivity contribution < 1.29 is 31.9 Å². The summed E-state index contributed by atoms with van der Waals surface area (Å²) in [5.41, 5.74) is -2.55. The third-order valence-electron chi connectivity index (χ3n) is 3.29. The van der Waals surface area contributed by atoms with Gasteiger partial charge in [0, 0.05) is 5.56 Å². The molecule has 19 heavy (non-hydrogen) atoms. The molecule has 0 aliphatic heterocycles. The second-order valence-electron chi connectivity index (χ2n) is 4.54. The Hall–Kier alpha value is -1.66. The highest BCUT2D eigenvalue weighted by Crippen LogP contribution is 2.50. The minimum absolute atomic E-state index is 0.0126. The Kier molecular flexibility index (Phi) is 2.84. The smallest absolute Gasteiger partial charge is 0.458 e. The Labute approximate surface area is 104 Å². The van der Waals surface area contributed by atoms with Crippen LogP contribution >= 0.6 is 0 Å². The summed E-state index contributed by atoms with van der Waals surface area (Å²) in [5.74, 6) is -6.20. The highest BCUT2D eigenvalue weighted by molar-refractivity contribution is 5.84. The Balaban J connectivity index is 2.44. The van der Waals surface area contributed by atoms with Gasteiger partial charge in [-0.2, -0.15) is 22.0 Å². The number of hydrogen-bond donors (Lipinski definition) is 1. The van der Waals surface area contributed by atoms with Gasteiger partial charge >= 0.3 is 18.1 Å². The number of carboxylic acid groups (broad SMARTS) is 1. The van der Waals surface area contributed by atoms with Crippen LogP contribution in [0.5, 0.6) is 0 Å². The fraction of sp³-hybridized carbons (Fsp3) is 0.417. The van der Waals surface area contributed by atoms with Gasteiger partial charge in [-0.3, -0.25) is 4.79 Å². The molecule has 1 N–H and O–H groups in total. The molecule has 0 unspecified atom stereocenters. The third-order valence-corrected chi connectivity index (χ3v) is 3.29. The molecule has 1 saturated carbocycles. The van der Waals surface area contributed by atoms with E-state index in [1.165, 1.54) is 6.07 Å². The molecule has 7 heteroatoms. The van der Waals surface area contributed by atoms with Crippen molar-refractivity contribution in [1.29, 1.82) is 0 Å². The van der Waals surface area contributed by atoms with Gasteiger partial charge < -0.3 is 5.11 Å². The highest BCUT2D eigenvalue weighted by Gasteiger charge is 2.59. The molecule has 0 bridgehead atoms. The van der Waals surface area contributed by atoms with Crippen molar-refractivity contribution in [2.24, 2.45) is 0 Å². The Bertz CT molecular complexity index is 517. The molecule has 1 aliphatic carbocycles. The maximum Gasteiger partial charge on any atom is 0.458 e. The summed E-state index contributed by atoms with van der Waals surface area (Å²) < 4.78 is 63.1. The van der Waals surface area contributed by atoms with Gasteiger partial charge in [0.15, 0.2) is 0 Å². The molecule has 2 rings (SSSR count). The van der Waals surface area contributed by atoms with Crippen LogP contribution in [0.25, 0.3) is 0 Å². The molecule has 0 atom stereocenters. The van der Waals surface area contributed by atoms with E-state index < -0.39 is 29.0 Å². The van der Waals surface area contributed by atoms with Crippen LogP contribution < -0.4 is 0 Å². The molecular formula is C12H9F5O2. The Morgan fingerprint density at radius 1 is 1.16 bits per heavy atom. The molecule has 1 aromatic rings. The predicted molar refractivity (Wildman–Crippen MR) is 54.9 cm³/mol. The number of halogens is 5. The van der Waals surface area contributed by atoms with Crippen LogP contribution in [-0.2, 0) is 16.1 Å². The van der Waals surface area contributed by atoms with Gasteiger partial charge in [0.25, 0.3) is 0 Å². The van der Waals surface area contributed by atoms with E-state index >= 15 is 0 Å². The number of carbonyl (C=O) groups is 1. The van der Waals surface area contributed by atoms with E-state index in [9.17, 15) is 26.7 Å². The summed E-state index contributed by atoms with van der Waals surface area (Å²) in [5, 5.41) is 9.00. The molecular weight excluding hydrogens is 271 g/mol. The largest absolute Gasteiger partial charge is 0.481 e. The van der Waals surface area contributed by atoms with Crippen LogP contribution in [-0.4, -0.2) is 17.3 Å². The van der Waals surface area contributed by atoms with Crippen LogP contribution in [0, 0.1) is 0 Å². The first-order valence-electron chi connectivity index (χ1n) is 5.40. The number of carboxylic acids is 1. The van der Waals surface area contributed by atoms with Gasteiger partial charge in [-0.25, -0.2) is 0 Å². The zero-order valence-electron chi connectivity index (χ0n) is 9.47. The van der Waals surface area contributed by atoms with Crippen LogP contribution in [0.4, 0.5) is 22.0 Å². The maximum atomic E-state index is 13.2. The molecule has 0 aromatic heterocycles. The predicted octanol–water partition coefficient (Wildman–Crippen LogP) is 3.46. The molecule has 0 radical (unpaired) electrons. The standard InChI is InChI=1S/C12H9F5O2/c13-11(14,12(15,16)17)8-3-1-2-7(6-8)10(4-5-10)9(18)19/h1-3,6H,4-5H2,(H,18,19). The van der Waals surface area contributed by atoms with Gasteiger partial charge in [0.05, 0.1) is 5.41 Å². The molecule has 1 fully saturated rings. The lowest BCUT2D eigenvalue weighted by atomic mass is 9.93. The van der Waals surface area contributed by atoms with Gasteiger partial charge in [0.1, 0.15) is 0 Å². The van der Waals surface area contributed by atoms with Crippen LogP contribution in [0.3, 0.4) is 0 Å². The number of benzene rings is 1. The molecule has 0 saturated heterocycles. The van der Waals surface area contributed by atoms with E-state index in [1.807, 2.05) is 0 Å². The van der Waals surface area contributed by atoms with Crippen molar-refractivity contribution in [3.63, 3.8) is 0 Å². The summed E-state index contributed by atoms with van der Waals surface area (Å²) in [4.78, 5) is 11.0. The fourth-order valence-electron chi connectivity index (χ4n) is 1.93. The second kappa shape index (κ2) is 3.91. The third kappa shape index (κ3) is 2.06. The summed E-state index contributed by atoms with van der Waals surface area (Å²) >= 11 is 0. The number of aliphatic carboxylic acids is 1. The average Bonchev–Trinajstić information content (AvgIpc) is 3.08. The number of hydrogen-bond acceptors (Lipinski definition) is 1. The van der Waals surface area contributed by atoms with E-state index in [4.69, 9.17) is 5.11 Å². The second-order valence-corrected chi connectivity index (χ2v) is 4.54. The van der Waals surface area contributed by atoms with Crippen molar-refractivity contribution in [2.45, 2.75) is 30.4 Å². The SMILES string of the molecule is O=C(O)C1(c2cccc(C(F)(F)C(F)(F)F)c2)CC1. The van der Waals surface area contributed by atoms with Crippen molar-refractivity contribution in [3.8, 4) is 0 Å². The number of alkyl halides is 5. The first-order valence-corrected chi connectivity index (χ1v) is 5.40. The summed E-state index contributed by atoms with van der Waals surface area (Å²) in [6.45, 7) is 0. The number of rotatable bonds is 3.